The summed E-state index contributed by atoms with van der Waals surface area (Å²) in [5.41, 5.74) is 0. The number of nitrogens with zero attached hydrogens (tertiary/aromatic N) is 1. The van der Waals surface area contributed by atoms with Gasteiger partial charge >= 0.3 is 0 Å². The number of nitrogens with one attached hydrogen (secondary N) is 1. The first-order valence-electron chi connectivity index (χ1n) is 3.40. The number of thiazole rings is 1. The van der Waals surface area contributed by atoms with Gasteiger partial charge < -0.3 is 5.32 Å². The lowest BCUT2D eigenvalue weighted by atomic mass is 10.4. The molecule has 1 aromatic rings. The van der Waals surface area contributed by atoms with E-state index in [1.54, 1.807) is 11.6 Å². The van der Waals surface area contributed by atoms with Crippen LogP contribution in [-0.4, -0.2) is 16.9 Å². The molecule has 11 heavy (non-hydrogen) atoms. The maximum atomic E-state index is 11.2. The molecule has 0 aliphatic heterocycles. The topological polar surface area (TPSA) is 42.0 Å². The molecule has 0 atom stereocenters. The lowest BCUT2D eigenvalue weighted by Gasteiger charge is -2.04. The predicted molar refractivity (Wildman–Crippen MR) is 44.7 cm³/mol. The van der Waals surface area contributed by atoms with Crippen molar-refractivity contribution in [1.82, 2.24) is 10.3 Å². The van der Waals surface area contributed by atoms with Gasteiger partial charge in [0, 0.05) is 17.6 Å². The van der Waals surface area contributed by atoms with Crippen molar-refractivity contribution in [2.45, 2.75) is 19.9 Å². The summed E-state index contributed by atoms with van der Waals surface area (Å²) >= 11 is 1.35. The van der Waals surface area contributed by atoms with Crippen LogP contribution >= 0.6 is 11.3 Å². The largest absolute Gasteiger partial charge is 0.348 e. The zero-order chi connectivity index (χ0) is 8.27. The molecule has 0 bridgehead atoms. The Bertz CT molecular complexity index is 231. The van der Waals surface area contributed by atoms with Gasteiger partial charge in [-0.3, -0.25) is 4.79 Å². The summed E-state index contributed by atoms with van der Waals surface area (Å²) in [7, 11) is 0. The third-order valence-electron chi connectivity index (χ3n) is 1.05. The molecular weight excluding hydrogens is 160 g/mol. The molecular formula is C7H10N2OS. The Hall–Kier alpha value is -0.900. The monoisotopic (exact) mass is 170 g/mol. The molecule has 3 nitrogen and oxygen atoms in total. The van der Waals surface area contributed by atoms with Crippen LogP contribution in [0.15, 0.2) is 11.6 Å². The highest BCUT2D eigenvalue weighted by atomic mass is 32.1. The molecule has 1 rings (SSSR count). The van der Waals surface area contributed by atoms with E-state index < -0.39 is 0 Å². The zero-order valence-corrected chi connectivity index (χ0v) is 7.31. The lowest BCUT2D eigenvalue weighted by molar-refractivity contribution is 0.0943. The van der Waals surface area contributed by atoms with Crippen molar-refractivity contribution in [3.05, 3.63) is 16.6 Å². The van der Waals surface area contributed by atoms with Crippen LogP contribution in [0.1, 0.15) is 23.6 Å². The second-order valence-corrected chi connectivity index (χ2v) is 3.36. The van der Waals surface area contributed by atoms with Crippen molar-refractivity contribution >= 4 is 17.2 Å². The summed E-state index contributed by atoms with van der Waals surface area (Å²) in [6.45, 7) is 3.84. The van der Waals surface area contributed by atoms with Gasteiger partial charge in [-0.15, -0.1) is 11.3 Å². The van der Waals surface area contributed by atoms with Crippen LogP contribution in [-0.2, 0) is 0 Å². The van der Waals surface area contributed by atoms with E-state index in [1.165, 1.54) is 11.3 Å². The van der Waals surface area contributed by atoms with Crippen LogP contribution in [0.3, 0.4) is 0 Å². The molecule has 0 spiro atoms. The molecule has 1 amide bonds. The van der Waals surface area contributed by atoms with E-state index in [0.717, 1.165) is 0 Å². The Kier molecular flexibility index (Phi) is 2.59. The summed E-state index contributed by atoms with van der Waals surface area (Å²) in [5, 5.41) is 5.07. The van der Waals surface area contributed by atoms with Gasteiger partial charge in [0.15, 0.2) is 5.01 Å². The molecule has 60 valence electrons. The first-order chi connectivity index (χ1) is 5.20. The van der Waals surface area contributed by atoms with E-state index in [1.807, 2.05) is 13.8 Å². The maximum absolute atomic E-state index is 11.2. The number of hydrogen-bond acceptors (Lipinski definition) is 3. The Balaban J connectivity index is 2.57. The summed E-state index contributed by atoms with van der Waals surface area (Å²) in [5.74, 6) is -0.0880. The SMILES string of the molecule is CC(C)NC(=O)c1nccs1. The van der Waals surface area contributed by atoms with Crippen molar-refractivity contribution in [1.29, 1.82) is 0 Å². The van der Waals surface area contributed by atoms with Crippen molar-refractivity contribution in [3.8, 4) is 0 Å². The van der Waals surface area contributed by atoms with Crippen molar-refractivity contribution < 1.29 is 4.79 Å². The molecule has 1 aromatic heterocycles. The number of amides is 1. The summed E-state index contributed by atoms with van der Waals surface area (Å²) < 4.78 is 0. The Labute approximate surface area is 69.5 Å². The van der Waals surface area contributed by atoms with Crippen LogP contribution in [0.2, 0.25) is 0 Å². The van der Waals surface area contributed by atoms with Gasteiger partial charge in [-0.2, -0.15) is 0 Å². The van der Waals surface area contributed by atoms with E-state index >= 15 is 0 Å². The molecule has 0 saturated carbocycles. The zero-order valence-electron chi connectivity index (χ0n) is 6.50. The van der Waals surface area contributed by atoms with Crippen LogP contribution in [0, 0.1) is 0 Å². The van der Waals surface area contributed by atoms with Crippen molar-refractivity contribution in [2.24, 2.45) is 0 Å². The summed E-state index contributed by atoms with van der Waals surface area (Å²) in [6, 6.07) is 0.173. The smallest absolute Gasteiger partial charge is 0.280 e. The van der Waals surface area contributed by atoms with Gasteiger partial charge in [-0.1, -0.05) is 0 Å². The van der Waals surface area contributed by atoms with Gasteiger partial charge in [-0.25, -0.2) is 4.98 Å². The number of hydrogen-bond donors (Lipinski definition) is 1. The van der Waals surface area contributed by atoms with Gasteiger partial charge in [0.05, 0.1) is 0 Å². The average Bonchev–Trinajstić information content (AvgIpc) is 2.35. The second-order valence-electron chi connectivity index (χ2n) is 2.47. The fourth-order valence-corrected chi connectivity index (χ4v) is 1.20. The Morgan fingerprint density at radius 2 is 2.45 bits per heavy atom. The molecule has 0 saturated heterocycles. The van der Waals surface area contributed by atoms with Crippen LogP contribution in [0.5, 0.6) is 0 Å². The summed E-state index contributed by atoms with van der Waals surface area (Å²) in [4.78, 5) is 15.0. The highest BCUT2D eigenvalue weighted by Gasteiger charge is 2.07. The van der Waals surface area contributed by atoms with Gasteiger partial charge in [0.25, 0.3) is 5.91 Å². The number of carbonyl (C=O) groups excluding carboxylic acids is 1. The van der Waals surface area contributed by atoms with E-state index in [0.29, 0.717) is 5.01 Å². The Morgan fingerprint density at radius 3 is 2.91 bits per heavy atom. The van der Waals surface area contributed by atoms with Crippen molar-refractivity contribution in [3.63, 3.8) is 0 Å². The summed E-state index contributed by atoms with van der Waals surface area (Å²) in [6.07, 6.45) is 1.62. The minimum absolute atomic E-state index is 0.0880. The molecule has 1 N–H and O–H groups in total. The molecule has 1 heterocycles. The van der Waals surface area contributed by atoms with E-state index in [-0.39, 0.29) is 11.9 Å². The fraction of sp³-hybridized carbons (Fsp3) is 0.429. The first kappa shape index (κ1) is 8.20. The van der Waals surface area contributed by atoms with Crippen LogP contribution in [0.25, 0.3) is 0 Å². The van der Waals surface area contributed by atoms with Gasteiger partial charge in [0.2, 0.25) is 0 Å². The highest BCUT2D eigenvalue weighted by Crippen LogP contribution is 2.03. The standard InChI is InChI=1S/C7H10N2OS/c1-5(2)9-6(10)7-8-3-4-11-7/h3-5H,1-2H3,(H,9,10). The maximum Gasteiger partial charge on any atom is 0.280 e. The van der Waals surface area contributed by atoms with E-state index in [9.17, 15) is 4.79 Å². The molecule has 4 heteroatoms. The minimum Gasteiger partial charge on any atom is -0.348 e. The second kappa shape index (κ2) is 3.48. The van der Waals surface area contributed by atoms with E-state index in [4.69, 9.17) is 0 Å². The average molecular weight is 170 g/mol. The predicted octanol–water partition coefficient (Wildman–Crippen LogP) is 1.28. The third-order valence-corrected chi connectivity index (χ3v) is 1.82. The molecule has 0 aliphatic rings. The molecule has 0 fully saturated rings. The number of rotatable bonds is 2. The number of aromatic nitrogens is 1. The molecule has 0 unspecified atom stereocenters. The number of carbonyl (C=O) groups is 1. The lowest BCUT2D eigenvalue weighted by Crippen LogP contribution is -2.29. The quantitative estimate of drug-likeness (QED) is 0.726. The van der Waals surface area contributed by atoms with E-state index in [2.05, 4.69) is 10.3 Å². The minimum atomic E-state index is -0.0880. The fourth-order valence-electron chi connectivity index (χ4n) is 0.660. The highest BCUT2D eigenvalue weighted by molar-refractivity contribution is 7.11. The first-order valence-corrected chi connectivity index (χ1v) is 4.28. The molecule has 0 radical (unpaired) electrons. The van der Waals surface area contributed by atoms with Crippen LogP contribution in [0.4, 0.5) is 0 Å². The van der Waals surface area contributed by atoms with Crippen LogP contribution < -0.4 is 5.32 Å². The van der Waals surface area contributed by atoms with Crippen molar-refractivity contribution in [2.75, 3.05) is 0 Å². The van der Waals surface area contributed by atoms with Gasteiger partial charge in [0.1, 0.15) is 0 Å². The Morgan fingerprint density at radius 1 is 1.73 bits per heavy atom. The van der Waals surface area contributed by atoms with Gasteiger partial charge in [-0.05, 0) is 13.8 Å². The third kappa shape index (κ3) is 2.31. The molecule has 0 aliphatic carbocycles. The normalized spacial score (nSPS) is 10.1. The molecule has 0 aromatic carbocycles.